The van der Waals surface area contributed by atoms with Gasteiger partial charge in [-0.05, 0) is 23.8 Å². The number of hydrogen-bond donors (Lipinski definition) is 0. The number of imidazole rings is 1. The SMILES string of the molecule is COc1ccn2ccnc2c1-c1ccc(C#N)cc1. The van der Waals surface area contributed by atoms with Gasteiger partial charge in [0.1, 0.15) is 11.4 Å². The average Bonchev–Trinajstić information content (AvgIpc) is 2.94. The van der Waals surface area contributed by atoms with Crippen molar-refractivity contribution in [1.29, 1.82) is 5.26 Å². The van der Waals surface area contributed by atoms with E-state index in [1.165, 1.54) is 0 Å². The lowest BCUT2D eigenvalue weighted by atomic mass is 10.0. The zero-order chi connectivity index (χ0) is 13.2. The molecular weight excluding hydrogens is 238 g/mol. The Morgan fingerprint density at radius 3 is 2.63 bits per heavy atom. The summed E-state index contributed by atoms with van der Waals surface area (Å²) < 4.78 is 7.36. The molecule has 2 heterocycles. The Balaban J connectivity index is 2.27. The molecule has 0 amide bonds. The summed E-state index contributed by atoms with van der Waals surface area (Å²) in [4.78, 5) is 4.36. The van der Waals surface area contributed by atoms with Crippen LogP contribution in [0.15, 0.2) is 48.9 Å². The van der Waals surface area contributed by atoms with E-state index in [1.54, 1.807) is 25.4 Å². The highest BCUT2D eigenvalue weighted by atomic mass is 16.5. The Labute approximate surface area is 110 Å². The van der Waals surface area contributed by atoms with Gasteiger partial charge in [0.25, 0.3) is 0 Å². The lowest BCUT2D eigenvalue weighted by molar-refractivity contribution is 0.416. The predicted octanol–water partition coefficient (Wildman–Crippen LogP) is 2.88. The monoisotopic (exact) mass is 249 g/mol. The standard InChI is InChI=1S/C15H11N3O/c1-19-13-6-8-18-9-7-17-15(18)14(13)12-4-2-11(10-16)3-5-12/h2-9H,1H3. The van der Waals surface area contributed by atoms with Crippen LogP contribution < -0.4 is 4.74 Å². The number of hydrogen-bond acceptors (Lipinski definition) is 3. The van der Waals surface area contributed by atoms with Crippen LogP contribution in [0, 0.1) is 11.3 Å². The van der Waals surface area contributed by atoms with Crippen LogP contribution >= 0.6 is 0 Å². The molecule has 0 spiro atoms. The van der Waals surface area contributed by atoms with E-state index in [1.807, 2.05) is 35.0 Å². The highest BCUT2D eigenvalue weighted by Gasteiger charge is 2.12. The quantitative estimate of drug-likeness (QED) is 0.701. The third-order valence-electron chi connectivity index (χ3n) is 3.05. The van der Waals surface area contributed by atoms with E-state index >= 15 is 0 Å². The van der Waals surface area contributed by atoms with Crippen molar-refractivity contribution < 1.29 is 4.74 Å². The molecule has 0 aliphatic carbocycles. The Bertz CT molecular complexity index is 766. The molecule has 19 heavy (non-hydrogen) atoms. The third-order valence-corrected chi connectivity index (χ3v) is 3.05. The van der Waals surface area contributed by atoms with E-state index in [0.717, 1.165) is 22.5 Å². The molecule has 0 radical (unpaired) electrons. The van der Waals surface area contributed by atoms with E-state index < -0.39 is 0 Å². The number of benzene rings is 1. The van der Waals surface area contributed by atoms with E-state index in [9.17, 15) is 0 Å². The minimum Gasteiger partial charge on any atom is -0.496 e. The maximum absolute atomic E-state index is 8.85. The molecule has 4 nitrogen and oxygen atoms in total. The maximum Gasteiger partial charge on any atom is 0.148 e. The van der Waals surface area contributed by atoms with Gasteiger partial charge in [-0.1, -0.05) is 12.1 Å². The maximum atomic E-state index is 8.85. The topological polar surface area (TPSA) is 50.3 Å². The molecule has 0 fully saturated rings. The summed E-state index contributed by atoms with van der Waals surface area (Å²) in [5.74, 6) is 0.767. The summed E-state index contributed by atoms with van der Waals surface area (Å²) in [6.45, 7) is 0. The smallest absolute Gasteiger partial charge is 0.148 e. The third kappa shape index (κ3) is 1.81. The average molecular weight is 249 g/mol. The van der Waals surface area contributed by atoms with Crippen LogP contribution in [0.5, 0.6) is 5.75 Å². The summed E-state index contributed by atoms with van der Waals surface area (Å²) in [6, 6.07) is 11.4. The van der Waals surface area contributed by atoms with Gasteiger partial charge >= 0.3 is 0 Å². The lowest BCUT2D eigenvalue weighted by Crippen LogP contribution is -1.93. The Hall–Kier alpha value is -2.80. The summed E-state index contributed by atoms with van der Waals surface area (Å²) in [5, 5.41) is 8.85. The second-order valence-electron chi connectivity index (χ2n) is 4.11. The van der Waals surface area contributed by atoms with Crippen LogP contribution in [0.2, 0.25) is 0 Å². The summed E-state index contributed by atoms with van der Waals surface area (Å²) in [6.07, 6.45) is 5.55. The van der Waals surface area contributed by atoms with Crippen molar-refractivity contribution in [3.63, 3.8) is 0 Å². The first kappa shape index (κ1) is 11.3. The van der Waals surface area contributed by atoms with Crippen molar-refractivity contribution in [3.8, 4) is 22.9 Å². The van der Waals surface area contributed by atoms with Crippen molar-refractivity contribution in [3.05, 3.63) is 54.5 Å². The fourth-order valence-electron chi connectivity index (χ4n) is 2.12. The number of aromatic nitrogens is 2. The van der Waals surface area contributed by atoms with Crippen LogP contribution in [0.4, 0.5) is 0 Å². The number of methoxy groups -OCH3 is 1. The van der Waals surface area contributed by atoms with Gasteiger partial charge in [-0.3, -0.25) is 0 Å². The van der Waals surface area contributed by atoms with Crippen LogP contribution in [-0.2, 0) is 0 Å². The highest BCUT2D eigenvalue weighted by molar-refractivity contribution is 5.83. The number of nitriles is 1. The van der Waals surface area contributed by atoms with E-state index in [2.05, 4.69) is 11.1 Å². The van der Waals surface area contributed by atoms with Gasteiger partial charge < -0.3 is 9.14 Å². The van der Waals surface area contributed by atoms with Gasteiger partial charge in [-0.15, -0.1) is 0 Å². The minimum atomic E-state index is 0.637. The molecular formula is C15H11N3O. The van der Waals surface area contributed by atoms with Crippen LogP contribution in [-0.4, -0.2) is 16.5 Å². The Morgan fingerprint density at radius 1 is 1.16 bits per heavy atom. The molecule has 92 valence electrons. The molecule has 2 aromatic heterocycles. The molecule has 4 heteroatoms. The van der Waals surface area contributed by atoms with Gasteiger partial charge in [0.15, 0.2) is 0 Å². The summed E-state index contributed by atoms with van der Waals surface area (Å²) in [5.41, 5.74) is 3.38. The van der Waals surface area contributed by atoms with Gasteiger partial charge in [-0.25, -0.2) is 4.98 Å². The van der Waals surface area contributed by atoms with E-state index in [-0.39, 0.29) is 0 Å². The molecule has 0 saturated heterocycles. The molecule has 0 bridgehead atoms. The molecule has 0 saturated carbocycles. The molecule has 3 rings (SSSR count). The second-order valence-corrected chi connectivity index (χ2v) is 4.11. The molecule has 0 unspecified atom stereocenters. The van der Waals surface area contributed by atoms with Crippen molar-refractivity contribution in [2.24, 2.45) is 0 Å². The van der Waals surface area contributed by atoms with E-state index in [4.69, 9.17) is 10.00 Å². The van der Waals surface area contributed by atoms with Crippen molar-refractivity contribution in [2.45, 2.75) is 0 Å². The highest BCUT2D eigenvalue weighted by Crippen LogP contribution is 2.33. The number of ether oxygens (including phenoxy) is 1. The van der Waals surface area contributed by atoms with Crippen LogP contribution in [0.25, 0.3) is 16.8 Å². The molecule has 0 N–H and O–H groups in total. The molecule has 0 aliphatic rings. The van der Waals surface area contributed by atoms with Crippen molar-refractivity contribution in [2.75, 3.05) is 7.11 Å². The zero-order valence-corrected chi connectivity index (χ0v) is 10.4. The van der Waals surface area contributed by atoms with Crippen LogP contribution in [0.1, 0.15) is 5.56 Å². The number of pyridine rings is 1. The van der Waals surface area contributed by atoms with Crippen LogP contribution in [0.3, 0.4) is 0 Å². The zero-order valence-electron chi connectivity index (χ0n) is 10.4. The summed E-state index contributed by atoms with van der Waals surface area (Å²) in [7, 11) is 1.64. The first-order chi connectivity index (χ1) is 9.33. The number of nitrogens with zero attached hydrogens (tertiary/aromatic N) is 3. The normalized spacial score (nSPS) is 10.3. The van der Waals surface area contributed by atoms with E-state index in [0.29, 0.717) is 5.56 Å². The first-order valence-corrected chi connectivity index (χ1v) is 5.83. The Kier molecular flexibility index (Phi) is 2.66. The fraction of sp³-hybridized carbons (Fsp3) is 0.0667. The van der Waals surface area contributed by atoms with Gasteiger partial charge in [0.2, 0.25) is 0 Å². The Morgan fingerprint density at radius 2 is 1.95 bits per heavy atom. The van der Waals surface area contributed by atoms with Gasteiger partial charge in [-0.2, -0.15) is 5.26 Å². The molecule has 0 aliphatic heterocycles. The molecule has 0 atom stereocenters. The summed E-state index contributed by atoms with van der Waals surface area (Å²) >= 11 is 0. The second kappa shape index (κ2) is 4.46. The van der Waals surface area contributed by atoms with Gasteiger partial charge in [0, 0.05) is 18.6 Å². The fourth-order valence-corrected chi connectivity index (χ4v) is 2.12. The molecule has 3 aromatic rings. The number of fused-ring (bicyclic) bond motifs is 1. The first-order valence-electron chi connectivity index (χ1n) is 5.83. The van der Waals surface area contributed by atoms with Crippen molar-refractivity contribution in [1.82, 2.24) is 9.38 Å². The number of rotatable bonds is 2. The van der Waals surface area contributed by atoms with Gasteiger partial charge in [0.05, 0.1) is 24.3 Å². The predicted molar refractivity (Wildman–Crippen MR) is 71.9 cm³/mol. The molecule has 1 aromatic carbocycles. The lowest BCUT2D eigenvalue weighted by Gasteiger charge is -2.10. The minimum absolute atomic E-state index is 0.637. The largest absolute Gasteiger partial charge is 0.496 e. The van der Waals surface area contributed by atoms with Crippen molar-refractivity contribution >= 4 is 5.65 Å².